The van der Waals surface area contributed by atoms with Crippen LogP contribution in [0.15, 0.2) is 30.3 Å². The molecule has 0 spiro atoms. The minimum Gasteiger partial charge on any atom is -0.0622 e. The van der Waals surface area contributed by atoms with Gasteiger partial charge in [-0.15, -0.1) is 0 Å². The van der Waals surface area contributed by atoms with E-state index >= 15 is 0 Å². The second-order valence-corrected chi connectivity index (χ2v) is 2.70. The molecule has 0 radical (unpaired) electrons. The Balaban J connectivity index is 2.50. The summed E-state index contributed by atoms with van der Waals surface area (Å²) in [6.07, 6.45) is 0.884. The molecule has 10 heavy (non-hydrogen) atoms. The molecule has 1 nitrogen and oxygen atoms in total. The zero-order valence-corrected chi connectivity index (χ0v) is 6.43. The molecule has 0 aliphatic rings. The molecule has 52 valence electrons. The van der Waals surface area contributed by atoms with E-state index in [-0.39, 0.29) is 0 Å². The van der Waals surface area contributed by atoms with Crippen LogP contribution in [0, 0.1) is 0 Å². The van der Waals surface area contributed by atoms with Gasteiger partial charge in [0.1, 0.15) is 0 Å². The Morgan fingerprint density at radius 1 is 1.20 bits per heavy atom. The van der Waals surface area contributed by atoms with Gasteiger partial charge in [0.15, 0.2) is 0 Å². The summed E-state index contributed by atoms with van der Waals surface area (Å²) in [6, 6.07) is 10.0. The quantitative estimate of drug-likeness (QED) is 0.603. The number of rotatable bonds is 3. The van der Waals surface area contributed by atoms with E-state index in [1.165, 1.54) is 5.56 Å². The number of benzene rings is 1. The lowest BCUT2D eigenvalue weighted by Gasteiger charge is -1.89. The number of hydrogen-bond donors (Lipinski definition) is 0. The number of aryl methyl sites for hydroxylation is 1. The van der Waals surface area contributed by atoms with Crippen LogP contribution in [0.4, 0.5) is 0 Å². The van der Waals surface area contributed by atoms with Gasteiger partial charge in [-0.2, -0.15) is 0 Å². The van der Waals surface area contributed by atoms with Crippen molar-refractivity contribution in [2.45, 2.75) is 6.42 Å². The van der Waals surface area contributed by atoms with Crippen LogP contribution in [0.3, 0.4) is 0 Å². The Bertz CT molecular complexity index is 196. The average Bonchev–Trinajstić information content (AvgIpc) is 2.03. The highest BCUT2D eigenvalue weighted by molar-refractivity contribution is 7.65. The Morgan fingerprint density at radius 3 is 2.50 bits per heavy atom. The van der Waals surface area contributed by atoms with E-state index in [9.17, 15) is 4.21 Å². The summed E-state index contributed by atoms with van der Waals surface area (Å²) in [5.41, 5.74) is 1.24. The maximum absolute atomic E-state index is 10.0. The third-order valence-electron chi connectivity index (χ3n) is 1.32. The van der Waals surface area contributed by atoms with Gasteiger partial charge in [0.05, 0.1) is 0 Å². The van der Waals surface area contributed by atoms with Gasteiger partial charge in [0.25, 0.3) is 0 Å². The van der Waals surface area contributed by atoms with Gasteiger partial charge in [0, 0.05) is 10.6 Å². The Kier molecular flexibility index (Phi) is 3.03. The third kappa shape index (κ3) is 2.23. The molecule has 0 aliphatic carbocycles. The van der Waals surface area contributed by atoms with Crippen molar-refractivity contribution >= 4 is 11.7 Å². The van der Waals surface area contributed by atoms with Crippen LogP contribution in [0.2, 0.25) is 0 Å². The van der Waals surface area contributed by atoms with Crippen molar-refractivity contribution in [1.29, 1.82) is 0 Å². The molecule has 0 saturated heterocycles. The van der Waals surface area contributed by atoms with Crippen LogP contribution in [-0.4, -0.2) is 5.75 Å². The molecule has 0 aliphatic heterocycles. The molecule has 0 amide bonds. The predicted octanol–water partition coefficient (Wildman–Crippen LogP) is 1.66. The zero-order valence-electron chi connectivity index (χ0n) is 5.62. The van der Waals surface area contributed by atoms with Crippen molar-refractivity contribution in [2.24, 2.45) is 0 Å². The van der Waals surface area contributed by atoms with Gasteiger partial charge in [-0.1, -0.05) is 30.3 Å². The minimum absolute atomic E-state index is 0.646. The zero-order chi connectivity index (χ0) is 7.23. The van der Waals surface area contributed by atoms with E-state index in [2.05, 4.69) is 0 Å². The molecule has 0 saturated carbocycles. The van der Waals surface area contributed by atoms with Crippen LogP contribution in [0.1, 0.15) is 5.56 Å². The predicted molar refractivity (Wildman–Crippen MR) is 43.1 cm³/mol. The molecular formula is C8H9OS+. The second kappa shape index (κ2) is 4.12. The average molecular weight is 153 g/mol. The molecule has 1 rings (SSSR count). The highest BCUT2D eigenvalue weighted by Gasteiger charge is 1.97. The van der Waals surface area contributed by atoms with Gasteiger partial charge in [-0.05, 0) is 5.56 Å². The molecule has 0 atom stereocenters. The van der Waals surface area contributed by atoms with Gasteiger partial charge in [-0.25, -0.2) is 0 Å². The van der Waals surface area contributed by atoms with Crippen molar-refractivity contribution in [3.05, 3.63) is 35.9 Å². The lowest BCUT2D eigenvalue weighted by Crippen LogP contribution is -1.88. The van der Waals surface area contributed by atoms with Gasteiger partial charge >= 0.3 is 11.7 Å². The molecule has 2 heteroatoms. The van der Waals surface area contributed by atoms with E-state index in [0.717, 1.165) is 6.42 Å². The molecule has 0 heterocycles. The van der Waals surface area contributed by atoms with Crippen molar-refractivity contribution < 1.29 is 4.21 Å². The summed E-state index contributed by atoms with van der Waals surface area (Å²) in [6.45, 7) is 0. The lowest BCUT2D eigenvalue weighted by atomic mass is 10.2. The highest BCUT2D eigenvalue weighted by atomic mass is 32.1. The fourth-order valence-corrected chi connectivity index (χ4v) is 1.12. The highest BCUT2D eigenvalue weighted by Crippen LogP contribution is 1.98. The summed E-state index contributed by atoms with van der Waals surface area (Å²) in [5.74, 6) is 0.671. The fourth-order valence-electron chi connectivity index (χ4n) is 0.804. The van der Waals surface area contributed by atoms with Gasteiger partial charge in [-0.3, -0.25) is 0 Å². The van der Waals surface area contributed by atoms with Crippen molar-refractivity contribution in [3.8, 4) is 0 Å². The van der Waals surface area contributed by atoms with Crippen LogP contribution in [-0.2, 0) is 22.3 Å². The SMILES string of the molecule is O=[S+]CCc1ccccc1. The van der Waals surface area contributed by atoms with Crippen LogP contribution < -0.4 is 0 Å². The molecule has 0 bridgehead atoms. The van der Waals surface area contributed by atoms with E-state index in [1.807, 2.05) is 30.3 Å². The summed E-state index contributed by atoms with van der Waals surface area (Å²) in [7, 11) is 0. The monoisotopic (exact) mass is 153 g/mol. The van der Waals surface area contributed by atoms with E-state index < -0.39 is 0 Å². The van der Waals surface area contributed by atoms with E-state index in [4.69, 9.17) is 0 Å². The minimum atomic E-state index is 0.646. The molecule has 0 aromatic heterocycles. The largest absolute Gasteiger partial charge is 0.459 e. The van der Waals surface area contributed by atoms with Crippen molar-refractivity contribution in [3.63, 3.8) is 0 Å². The van der Waals surface area contributed by atoms with Crippen molar-refractivity contribution in [1.82, 2.24) is 0 Å². The Hall–Kier alpha value is -0.760. The topological polar surface area (TPSA) is 17.1 Å². The summed E-state index contributed by atoms with van der Waals surface area (Å²) >= 11 is 0.646. The van der Waals surface area contributed by atoms with E-state index in [0.29, 0.717) is 17.4 Å². The summed E-state index contributed by atoms with van der Waals surface area (Å²) < 4.78 is 10.0. The smallest absolute Gasteiger partial charge is 0.0622 e. The Labute approximate surface area is 64.6 Å². The van der Waals surface area contributed by atoms with Crippen LogP contribution >= 0.6 is 0 Å². The Morgan fingerprint density at radius 2 is 1.90 bits per heavy atom. The first-order valence-corrected chi connectivity index (χ1v) is 4.13. The summed E-state index contributed by atoms with van der Waals surface area (Å²) in [5, 5.41) is 0. The van der Waals surface area contributed by atoms with Crippen LogP contribution in [0.5, 0.6) is 0 Å². The maximum Gasteiger partial charge on any atom is 0.459 e. The van der Waals surface area contributed by atoms with E-state index in [1.54, 1.807) is 0 Å². The first kappa shape index (κ1) is 7.35. The van der Waals surface area contributed by atoms with Gasteiger partial charge in [0.2, 0.25) is 5.75 Å². The van der Waals surface area contributed by atoms with Gasteiger partial charge < -0.3 is 0 Å². The molecule has 0 unspecified atom stereocenters. The number of hydrogen-bond acceptors (Lipinski definition) is 1. The van der Waals surface area contributed by atoms with Crippen LogP contribution in [0.25, 0.3) is 0 Å². The third-order valence-corrected chi connectivity index (χ3v) is 1.69. The lowest BCUT2D eigenvalue weighted by molar-refractivity contribution is 0.604. The molecule has 1 aromatic rings. The fraction of sp³-hybridized carbons (Fsp3) is 0.250. The molecule has 0 fully saturated rings. The molecular weight excluding hydrogens is 144 g/mol. The molecule has 0 N–H and O–H groups in total. The standard InChI is InChI=1S/C8H9OS/c9-10-7-6-8-4-2-1-3-5-8/h1-5H,6-7H2/q+1. The summed E-state index contributed by atoms with van der Waals surface area (Å²) in [4.78, 5) is 0. The first-order chi connectivity index (χ1) is 4.93. The maximum atomic E-state index is 10.0. The first-order valence-electron chi connectivity index (χ1n) is 3.22. The van der Waals surface area contributed by atoms with Crippen molar-refractivity contribution in [2.75, 3.05) is 5.75 Å². The molecule has 1 aromatic carbocycles. The normalized spacial score (nSPS) is 9.20. The second-order valence-electron chi connectivity index (χ2n) is 2.06.